The van der Waals surface area contributed by atoms with E-state index in [2.05, 4.69) is 48.7 Å². The van der Waals surface area contributed by atoms with Crippen LogP contribution in [0.4, 0.5) is 0 Å². The van der Waals surface area contributed by atoms with Crippen molar-refractivity contribution in [2.75, 3.05) is 6.54 Å². The van der Waals surface area contributed by atoms with E-state index in [9.17, 15) is 4.79 Å². The molecule has 0 aliphatic heterocycles. The Labute approximate surface area is 110 Å². The summed E-state index contributed by atoms with van der Waals surface area (Å²) in [5.74, 6) is 0.0291. The van der Waals surface area contributed by atoms with Crippen LogP contribution < -0.4 is 10.6 Å². The van der Waals surface area contributed by atoms with Gasteiger partial charge in [0.15, 0.2) is 0 Å². The SMILES string of the molecule is Cc1ccc([C@@H](C)NCC(=O)NC(C)(C)C)cc1. The van der Waals surface area contributed by atoms with Crippen molar-refractivity contribution in [3.8, 4) is 0 Å². The minimum atomic E-state index is -0.175. The van der Waals surface area contributed by atoms with E-state index in [4.69, 9.17) is 0 Å². The molecule has 0 aliphatic rings. The van der Waals surface area contributed by atoms with E-state index < -0.39 is 0 Å². The van der Waals surface area contributed by atoms with Crippen molar-refractivity contribution in [2.24, 2.45) is 0 Å². The molecule has 0 unspecified atom stereocenters. The molecule has 2 N–H and O–H groups in total. The highest BCUT2D eigenvalue weighted by Crippen LogP contribution is 2.12. The molecule has 100 valence electrons. The largest absolute Gasteiger partial charge is 0.350 e. The molecular formula is C15H24N2O. The summed E-state index contributed by atoms with van der Waals surface area (Å²) in [7, 11) is 0. The summed E-state index contributed by atoms with van der Waals surface area (Å²) in [5.41, 5.74) is 2.27. The fourth-order valence-corrected chi connectivity index (χ4v) is 1.68. The van der Waals surface area contributed by atoms with Crippen molar-refractivity contribution in [1.82, 2.24) is 10.6 Å². The molecule has 0 aromatic heterocycles. The average molecular weight is 248 g/mol. The van der Waals surface area contributed by atoms with Gasteiger partial charge in [0.25, 0.3) is 0 Å². The van der Waals surface area contributed by atoms with Crippen molar-refractivity contribution in [1.29, 1.82) is 0 Å². The van der Waals surface area contributed by atoms with Gasteiger partial charge in [0.2, 0.25) is 5.91 Å². The van der Waals surface area contributed by atoms with Crippen molar-refractivity contribution in [3.05, 3.63) is 35.4 Å². The Morgan fingerprint density at radius 2 is 1.78 bits per heavy atom. The van der Waals surface area contributed by atoms with Crippen LogP contribution in [0, 0.1) is 6.92 Å². The molecule has 0 heterocycles. The number of aryl methyl sites for hydroxylation is 1. The molecule has 0 aliphatic carbocycles. The van der Waals surface area contributed by atoms with Crippen molar-refractivity contribution in [2.45, 2.75) is 46.2 Å². The maximum absolute atomic E-state index is 11.7. The summed E-state index contributed by atoms with van der Waals surface area (Å²) < 4.78 is 0. The first kappa shape index (κ1) is 14.7. The summed E-state index contributed by atoms with van der Waals surface area (Å²) in [6, 6.07) is 8.53. The zero-order chi connectivity index (χ0) is 13.8. The predicted molar refractivity (Wildman–Crippen MR) is 75.5 cm³/mol. The number of nitrogens with one attached hydrogen (secondary N) is 2. The second-order valence-corrected chi connectivity index (χ2v) is 5.81. The van der Waals surface area contributed by atoms with Crippen LogP contribution >= 0.6 is 0 Å². The molecule has 18 heavy (non-hydrogen) atoms. The summed E-state index contributed by atoms with van der Waals surface area (Å²) in [4.78, 5) is 11.7. The standard InChI is InChI=1S/C15H24N2O/c1-11-6-8-13(9-7-11)12(2)16-10-14(18)17-15(3,4)5/h6-9,12,16H,10H2,1-5H3,(H,17,18)/t12-/m1/s1. The van der Waals surface area contributed by atoms with Crippen LogP contribution in [-0.2, 0) is 4.79 Å². The fourth-order valence-electron chi connectivity index (χ4n) is 1.68. The van der Waals surface area contributed by atoms with Crippen LogP contribution in [0.5, 0.6) is 0 Å². The van der Waals surface area contributed by atoms with Crippen LogP contribution in [-0.4, -0.2) is 18.0 Å². The molecule has 1 rings (SSSR count). The van der Waals surface area contributed by atoms with Crippen molar-refractivity contribution >= 4 is 5.91 Å². The predicted octanol–water partition coefficient (Wildman–Crippen LogP) is 2.56. The highest BCUT2D eigenvalue weighted by molar-refractivity contribution is 5.78. The highest BCUT2D eigenvalue weighted by Gasteiger charge is 2.14. The molecule has 1 atom stereocenters. The summed E-state index contributed by atoms with van der Waals surface area (Å²) in [5, 5.41) is 6.16. The monoisotopic (exact) mass is 248 g/mol. The molecule has 0 fully saturated rings. The number of hydrogen-bond donors (Lipinski definition) is 2. The van der Waals surface area contributed by atoms with Gasteiger partial charge in [0, 0.05) is 11.6 Å². The number of carbonyl (C=O) groups excluding carboxylic acids is 1. The van der Waals surface area contributed by atoms with Crippen molar-refractivity contribution in [3.63, 3.8) is 0 Å². The van der Waals surface area contributed by atoms with Gasteiger partial charge in [-0.3, -0.25) is 4.79 Å². The molecule has 0 bridgehead atoms. The normalized spacial score (nSPS) is 13.2. The molecule has 1 aromatic carbocycles. The molecule has 0 saturated carbocycles. The second-order valence-electron chi connectivity index (χ2n) is 5.81. The minimum Gasteiger partial charge on any atom is -0.350 e. The Morgan fingerprint density at radius 1 is 1.22 bits per heavy atom. The van der Waals surface area contributed by atoms with Gasteiger partial charge in [0.05, 0.1) is 6.54 Å². The van der Waals surface area contributed by atoms with Crippen LogP contribution in [0.3, 0.4) is 0 Å². The Kier molecular flexibility index (Phi) is 4.91. The van der Waals surface area contributed by atoms with E-state index in [-0.39, 0.29) is 17.5 Å². The number of hydrogen-bond acceptors (Lipinski definition) is 2. The first-order valence-corrected chi connectivity index (χ1v) is 6.39. The third kappa shape index (κ3) is 5.32. The third-order valence-corrected chi connectivity index (χ3v) is 2.66. The van der Waals surface area contributed by atoms with E-state index in [0.29, 0.717) is 6.54 Å². The fraction of sp³-hybridized carbons (Fsp3) is 0.533. The van der Waals surface area contributed by atoms with Crippen LogP contribution in [0.25, 0.3) is 0 Å². The van der Waals surface area contributed by atoms with Gasteiger partial charge in [-0.05, 0) is 40.2 Å². The summed E-state index contributed by atoms with van der Waals surface area (Å²) in [6.45, 7) is 10.4. The highest BCUT2D eigenvalue weighted by atomic mass is 16.2. The van der Waals surface area contributed by atoms with Gasteiger partial charge in [-0.2, -0.15) is 0 Å². The van der Waals surface area contributed by atoms with Gasteiger partial charge >= 0.3 is 0 Å². The van der Waals surface area contributed by atoms with Gasteiger partial charge in [0.1, 0.15) is 0 Å². The lowest BCUT2D eigenvalue weighted by Gasteiger charge is -2.21. The van der Waals surface area contributed by atoms with Gasteiger partial charge in [-0.15, -0.1) is 0 Å². The second kappa shape index (κ2) is 6.01. The van der Waals surface area contributed by atoms with E-state index in [1.54, 1.807) is 0 Å². The quantitative estimate of drug-likeness (QED) is 0.860. The maximum Gasteiger partial charge on any atom is 0.234 e. The molecule has 1 amide bonds. The number of carbonyl (C=O) groups is 1. The molecule has 3 heteroatoms. The summed E-state index contributed by atoms with van der Waals surface area (Å²) in [6.07, 6.45) is 0. The zero-order valence-electron chi connectivity index (χ0n) is 12.0. The first-order valence-electron chi connectivity index (χ1n) is 6.39. The topological polar surface area (TPSA) is 41.1 Å². The molecule has 0 radical (unpaired) electrons. The van der Waals surface area contributed by atoms with E-state index in [1.807, 2.05) is 20.8 Å². The van der Waals surface area contributed by atoms with E-state index in [1.165, 1.54) is 11.1 Å². The Hall–Kier alpha value is -1.35. The van der Waals surface area contributed by atoms with Crippen LogP contribution in [0.1, 0.15) is 44.9 Å². The third-order valence-electron chi connectivity index (χ3n) is 2.66. The number of benzene rings is 1. The minimum absolute atomic E-state index is 0.0291. The Morgan fingerprint density at radius 3 is 2.28 bits per heavy atom. The lowest BCUT2D eigenvalue weighted by Crippen LogP contribution is -2.45. The van der Waals surface area contributed by atoms with E-state index >= 15 is 0 Å². The lowest BCUT2D eigenvalue weighted by molar-refractivity contribution is -0.121. The van der Waals surface area contributed by atoms with Gasteiger partial charge in [-0.1, -0.05) is 29.8 Å². The molecule has 0 saturated heterocycles. The molecule has 1 aromatic rings. The molecule has 0 spiro atoms. The van der Waals surface area contributed by atoms with Crippen LogP contribution in [0.15, 0.2) is 24.3 Å². The maximum atomic E-state index is 11.7. The Balaban J connectivity index is 2.44. The van der Waals surface area contributed by atoms with E-state index in [0.717, 1.165) is 0 Å². The Bertz CT molecular complexity index is 390. The van der Waals surface area contributed by atoms with Gasteiger partial charge < -0.3 is 10.6 Å². The first-order chi connectivity index (χ1) is 8.28. The summed E-state index contributed by atoms with van der Waals surface area (Å²) >= 11 is 0. The molecule has 3 nitrogen and oxygen atoms in total. The number of rotatable bonds is 4. The molecular weight excluding hydrogens is 224 g/mol. The lowest BCUT2D eigenvalue weighted by atomic mass is 10.1. The smallest absolute Gasteiger partial charge is 0.234 e. The average Bonchev–Trinajstić information content (AvgIpc) is 2.24. The van der Waals surface area contributed by atoms with Crippen molar-refractivity contribution < 1.29 is 4.79 Å². The zero-order valence-corrected chi connectivity index (χ0v) is 12.0. The number of amides is 1. The van der Waals surface area contributed by atoms with Gasteiger partial charge in [-0.25, -0.2) is 0 Å². The van der Waals surface area contributed by atoms with Crippen LogP contribution in [0.2, 0.25) is 0 Å².